The molecule has 4 aromatic carbocycles. The number of methoxy groups -OCH3 is 1. The summed E-state index contributed by atoms with van der Waals surface area (Å²) in [5.41, 5.74) is 3.33. The molecular weight excluding hydrogens is 520 g/mol. The van der Waals surface area contributed by atoms with Crippen LogP contribution in [-0.4, -0.2) is 21.4 Å². The molecule has 4 rings (SSSR count). The first-order valence-electron chi connectivity index (χ1n) is 12.1. The summed E-state index contributed by atoms with van der Waals surface area (Å²) in [6.07, 6.45) is 0. The number of hydrogen-bond acceptors (Lipinski definition) is 4. The second-order valence-corrected chi connectivity index (χ2v) is 11.2. The van der Waals surface area contributed by atoms with Crippen molar-refractivity contribution in [3.63, 3.8) is 0 Å². The summed E-state index contributed by atoms with van der Waals surface area (Å²) in [4.78, 5) is 13.1. The summed E-state index contributed by atoms with van der Waals surface area (Å²) in [5, 5.41) is 3.43. The third kappa shape index (κ3) is 6.01. The molecule has 0 spiro atoms. The summed E-state index contributed by atoms with van der Waals surface area (Å²) in [7, 11) is -2.29. The summed E-state index contributed by atoms with van der Waals surface area (Å²) in [6.45, 7) is 3.80. The van der Waals surface area contributed by atoms with Crippen LogP contribution < -0.4 is 14.4 Å². The molecule has 1 atom stereocenters. The molecule has 4 aromatic rings. The van der Waals surface area contributed by atoms with Gasteiger partial charge in [-0.2, -0.15) is 0 Å². The number of sulfonamides is 1. The highest BCUT2D eigenvalue weighted by Crippen LogP contribution is 2.31. The van der Waals surface area contributed by atoms with Crippen LogP contribution in [0.15, 0.2) is 102 Å². The zero-order chi connectivity index (χ0) is 27.3. The molecule has 1 N–H and O–H groups in total. The Morgan fingerprint density at radius 2 is 1.61 bits per heavy atom. The maximum absolute atomic E-state index is 13.7. The van der Waals surface area contributed by atoms with Gasteiger partial charge in [0.15, 0.2) is 0 Å². The second-order valence-electron chi connectivity index (χ2n) is 8.89. The largest absolute Gasteiger partial charge is 0.496 e. The van der Waals surface area contributed by atoms with Gasteiger partial charge in [-0.05, 0) is 67.4 Å². The first-order valence-corrected chi connectivity index (χ1v) is 13.9. The fraction of sp³-hybridized carbons (Fsp3) is 0.167. The topological polar surface area (TPSA) is 75.7 Å². The molecule has 0 aliphatic rings. The van der Waals surface area contributed by atoms with E-state index in [1.54, 1.807) is 79.9 Å². The smallest absolute Gasteiger partial charge is 0.264 e. The maximum atomic E-state index is 13.7. The molecule has 0 aromatic heterocycles. The highest BCUT2D eigenvalue weighted by molar-refractivity contribution is 7.92. The van der Waals surface area contributed by atoms with Crippen molar-refractivity contribution in [2.45, 2.75) is 31.3 Å². The third-order valence-corrected chi connectivity index (χ3v) is 8.28. The molecule has 8 heteroatoms. The number of anilines is 1. The molecule has 0 aliphatic carbocycles. The Bertz CT molecular complexity index is 1520. The predicted molar refractivity (Wildman–Crippen MR) is 151 cm³/mol. The van der Waals surface area contributed by atoms with Gasteiger partial charge in [0.25, 0.3) is 15.9 Å². The molecule has 0 bridgehead atoms. The number of nitrogens with zero attached hydrogens (tertiary/aromatic N) is 1. The molecule has 1 amide bonds. The van der Waals surface area contributed by atoms with Crippen LogP contribution >= 0.6 is 11.6 Å². The third-order valence-electron chi connectivity index (χ3n) is 6.27. The van der Waals surface area contributed by atoms with E-state index in [-0.39, 0.29) is 23.4 Å². The SMILES string of the molecule is COc1ccccc1[C@@H](C)NC(=O)c1ccc(CN(c2cc(Cl)ccc2C)S(=O)(=O)c2ccccc2)cc1. The van der Waals surface area contributed by atoms with Crippen molar-refractivity contribution in [1.82, 2.24) is 5.32 Å². The van der Waals surface area contributed by atoms with Crippen molar-refractivity contribution in [2.75, 3.05) is 11.4 Å². The Labute approximate surface area is 228 Å². The lowest BCUT2D eigenvalue weighted by atomic mass is 10.1. The molecule has 196 valence electrons. The molecule has 0 heterocycles. The van der Waals surface area contributed by atoms with E-state index in [0.29, 0.717) is 22.0 Å². The quantitative estimate of drug-likeness (QED) is 0.257. The average molecular weight is 549 g/mol. The van der Waals surface area contributed by atoms with E-state index in [4.69, 9.17) is 16.3 Å². The van der Waals surface area contributed by atoms with Crippen molar-refractivity contribution in [3.8, 4) is 5.75 Å². The van der Waals surface area contributed by atoms with Gasteiger partial charge < -0.3 is 10.1 Å². The van der Waals surface area contributed by atoms with Gasteiger partial charge in [0.1, 0.15) is 5.75 Å². The van der Waals surface area contributed by atoms with E-state index in [1.807, 2.05) is 38.1 Å². The molecule has 0 aliphatic heterocycles. The minimum Gasteiger partial charge on any atom is -0.496 e. The summed E-state index contributed by atoms with van der Waals surface area (Å²) in [5.74, 6) is 0.459. The van der Waals surface area contributed by atoms with Gasteiger partial charge in [-0.3, -0.25) is 9.10 Å². The number of carbonyl (C=O) groups is 1. The average Bonchev–Trinajstić information content (AvgIpc) is 2.93. The molecule has 0 fully saturated rings. The Kier molecular flexibility index (Phi) is 8.39. The predicted octanol–water partition coefficient (Wildman–Crippen LogP) is 6.54. The Balaban J connectivity index is 1.59. The molecule has 0 saturated heterocycles. The van der Waals surface area contributed by atoms with Crippen molar-refractivity contribution in [2.24, 2.45) is 0 Å². The van der Waals surface area contributed by atoms with Gasteiger partial charge in [0.2, 0.25) is 0 Å². The van der Waals surface area contributed by atoms with Gasteiger partial charge in [0, 0.05) is 16.1 Å². The molecular formula is C30H29ClN2O4S. The Morgan fingerprint density at radius 3 is 2.29 bits per heavy atom. The van der Waals surface area contributed by atoms with Crippen LogP contribution in [-0.2, 0) is 16.6 Å². The maximum Gasteiger partial charge on any atom is 0.264 e. The number of carbonyl (C=O) groups excluding carboxylic acids is 1. The number of amides is 1. The van der Waals surface area contributed by atoms with E-state index in [1.165, 1.54) is 4.31 Å². The molecule has 0 unspecified atom stereocenters. The van der Waals surface area contributed by atoms with Gasteiger partial charge >= 0.3 is 0 Å². The fourth-order valence-corrected chi connectivity index (χ4v) is 5.88. The number of ether oxygens (including phenoxy) is 1. The Morgan fingerprint density at radius 1 is 0.947 bits per heavy atom. The highest BCUT2D eigenvalue weighted by Gasteiger charge is 2.26. The van der Waals surface area contributed by atoms with E-state index >= 15 is 0 Å². The van der Waals surface area contributed by atoms with Crippen molar-refractivity contribution in [3.05, 3.63) is 124 Å². The number of para-hydroxylation sites is 1. The van der Waals surface area contributed by atoms with Crippen LogP contribution in [0.3, 0.4) is 0 Å². The monoisotopic (exact) mass is 548 g/mol. The van der Waals surface area contributed by atoms with E-state index in [9.17, 15) is 13.2 Å². The molecule has 0 saturated carbocycles. The summed E-state index contributed by atoms with van der Waals surface area (Å²) in [6, 6.07) is 27.6. The van der Waals surface area contributed by atoms with Crippen LogP contribution in [0.4, 0.5) is 5.69 Å². The number of halogens is 1. The molecule has 6 nitrogen and oxygen atoms in total. The second kappa shape index (κ2) is 11.7. The van der Waals surface area contributed by atoms with Crippen LogP contribution in [0.1, 0.15) is 40.0 Å². The molecule has 38 heavy (non-hydrogen) atoms. The summed E-state index contributed by atoms with van der Waals surface area (Å²) < 4.78 is 34.1. The van der Waals surface area contributed by atoms with Gasteiger partial charge in [-0.25, -0.2) is 8.42 Å². The number of aryl methyl sites for hydroxylation is 1. The number of rotatable bonds is 9. The zero-order valence-electron chi connectivity index (χ0n) is 21.4. The van der Waals surface area contributed by atoms with Crippen molar-refractivity contribution in [1.29, 1.82) is 0 Å². The number of nitrogens with one attached hydrogen (secondary N) is 1. The number of benzene rings is 4. The lowest BCUT2D eigenvalue weighted by Crippen LogP contribution is -2.31. The fourth-order valence-electron chi connectivity index (χ4n) is 4.18. The lowest BCUT2D eigenvalue weighted by molar-refractivity contribution is 0.0939. The van der Waals surface area contributed by atoms with E-state index in [2.05, 4.69) is 5.32 Å². The minimum atomic E-state index is -3.89. The first kappa shape index (κ1) is 27.2. The molecule has 0 radical (unpaired) electrons. The van der Waals surface area contributed by atoms with Crippen LogP contribution in [0.2, 0.25) is 5.02 Å². The van der Waals surface area contributed by atoms with Gasteiger partial charge in [-0.1, -0.05) is 66.2 Å². The highest BCUT2D eigenvalue weighted by atomic mass is 35.5. The van der Waals surface area contributed by atoms with Gasteiger partial charge in [-0.15, -0.1) is 0 Å². The Hall–Kier alpha value is -3.81. The van der Waals surface area contributed by atoms with Gasteiger partial charge in [0.05, 0.1) is 30.3 Å². The van der Waals surface area contributed by atoms with E-state index in [0.717, 1.165) is 16.7 Å². The summed E-state index contributed by atoms with van der Waals surface area (Å²) >= 11 is 6.25. The lowest BCUT2D eigenvalue weighted by Gasteiger charge is -2.26. The zero-order valence-corrected chi connectivity index (χ0v) is 23.0. The van der Waals surface area contributed by atoms with Crippen LogP contribution in [0.25, 0.3) is 0 Å². The number of hydrogen-bond donors (Lipinski definition) is 1. The first-order chi connectivity index (χ1) is 18.2. The van der Waals surface area contributed by atoms with E-state index < -0.39 is 10.0 Å². The van der Waals surface area contributed by atoms with Crippen LogP contribution in [0, 0.1) is 6.92 Å². The van der Waals surface area contributed by atoms with Crippen LogP contribution in [0.5, 0.6) is 5.75 Å². The standard InChI is InChI=1S/C30H29ClN2O4S/c1-21-13-18-25(31)19-28(21)33(38(35,36)26-9-5-4-6-10-26)20-23-14-16-24(17-15-23)30(34)32-22(2)27-11-7-8-12-29(27)37-3/h4-19,22H,20H2,1-3H3,(H,32,34)/t22-/m1/s1. The van der Waals surface area contributed by atoms with Crippen molar-refractivity contribution < 1.29 is 17.9 Å². The minimum absolute atomic E-state index is 0.0674. The normalized spacial score (nSPS) is 12.0. The van der Waals surface area contributed by atoms with Crippen molar-refractivity contribution >= 4 is 33.2 Å².